The van der Waals surface area contributed by atoms with E-state index in [1.165, 1.54) is 11.3 Å². The quantitative estimate of drug-likeness (QED) is 0.554. The molecule has 0 spiro atoms. The molecule has 0 aromatic heterocycles. The standard InChI is InChI=1S/C13H19BrOS/c1-4-11(3)16-13-7-5-12(6-8-13)15-9-10(2)14/h5-8,10-11H,4,9H2,1-3H3. The number of ether oxygens (including phenoxy) is 1. The summed E-state index contributed by atoms with van der Waals surface area (Å²) >= 11 is 5.37. The Morgan fingerprint density at radius 3 is 2.38 bits per heavy atom. The molecule has 1 rings (SSSR count). The largest absolute Gasteiger partial charge is 0.492 e. The van der Waals surface area contributed by atoms with Crippen molar-refractivity contribution in [1.82, 2.24) is 0 Å². The molecule has 2 unspecified atom stereocenters. The Kier molecular flexibility index (Phi) is 6.29. The lowest BCUT2D eigenvalue weighted by atomic mass is 10.3. The van der Waals surface area contributed by atoms with Gasteiger partial charge in [0.05, 0.1) is 0 Å². The van der Waals surface area contributed by atoms with Crippen LogP contribution in [0, 0.1) is 0 Å². The molecular formula is C13H19BrOS. The van der Waals surface area contributed by atoms with Gasteiger partial charge in [0.1, 0.15) is 12.4 Å². The van der Waals surface area contributed by atoms with Gasteiger partial charge in [0.2, 0.25) is 0 Å². The number of hydrogen-bond acceptors (Lipinski definition) is 2. The van der Waals surface area contributed by atoms with Crippen molar-refractivity contribution in [2.75, 3.05) is 6.61 Å². The highest BCUT2D eigenvalue weighted by Crippen LogP contribution is 2.26. The summed E-state index contributed by atoms with van der Waals surface area (Å²) in [6.07, 6.45) is 1.20. The van der Waals surface area contributed by atoms with Gasteiger partial charge in [-0.15, -0.1) is 11.8 Å². The molecule has 0 amide bonds. The van der Waals surface area contributed by atoms with Gasteiger partial charge >= 0.3 is 0 Å². The van der Waals surface area contributed by atoms with Crippen LogP contribution in [0.1, 0.15) is 27.2 Å². The molecule has 0 saturated carbocycles. The first-order valence-electron chi connectivity index (χ1n) is 5.65. The molecule has 16 heavy (non-hydrogen) atoms. The first-order valence-corrected chi connectivity index (χ1v) is 7.45. The third-order valence-electron chi connectivity index (χ3n) is 2.22. The van der Waals surface area contributed by atoms with Crippen molar-refractivity contribution in [2.45, 2.75) is 42.2 Å². The van der Waals surface area contributed by atoms with E-state index in [0.717, 1.165) is 5.75 Å². The number of halogens is 1. The van der Waals surface area contributed by atoms with Crippen molar-refractivity contribution in [3.05, 3.63) is 24.3 Å². The minimum Gasteiger partial charge on any atom is -0.492 e. The summed E-state index contributed by atoms with van der Waals surface area (Å²) in [5, 5.41) is 0.675. The molecule has 0 aliphatic rings. The lowest BCUT2D eigenvalue weighted by Gasteiger charge is -2.10. The van der Waals surface area contributed by atoms with Crippen LogP contribution >= 0.6 is 27.7 Å². The summed E-state index contributed by atoms with van der Waals surface area (Å²) in [7, 11) is 0. The van der Waals surface area contributed by atoms with Crippen LogP contribution in [0.4, 0.5) is 0 Å². The molecule has 0 bridgehead atoms. The average molecular weight is 303 g/mol. The van der Waals surface area contributed by atoms with Crippen LogP contribution in [0.15, 0.2) is 29.2 Å². The summed E-state index contributed by atoms with van der Waals surface area (Å²) in [5.74, 6) is 0.944. The van der Waals surface area contributed by atoms with E-state index in [9.17, 15) is 0 Å². The van der Waals surface area contributed by atoms with Crippen LogP contribution in [0.5, 0.6) is 5.75 Å². The normalized spacial score (nSPS) is 14.5. The van der Waals surface area contributed by atoms with Gasteiger partial charge in [0.15, 0.2) is 0 Å². The maximum absolute atomic E-state index is 5.60. The van der Waals surface area contributed by atoms with Crippen LogP contribution in [0.3, 0.4) is 0 Å². The summed E-state index contributed by atoms with van der Waals surface area (Å²) in [4.78, 5) is 1.70. The molecule has 1 aromatic rings. The zero-order valence-electron chi connectivity index (χ0n) is 10.1. The van der Waals surface area contributed by atoms with Crippen molar-refractivity contribution < 1.29 is 4.74 Å². The number of hydrogen-bond donors (Lipinski definition) is 0. The SMILES string of the molecule is CCC(C)Sc1ccc(OCC(C)Br)cc1. The van der Waals surface area contributed by atoms with Gasteiger partial charge in [-0.2, -0.15) is 0 Å². The lowest BCUT2D eigenvalue weighted by Crippen LogP contribution is -2.06. The number of thioether (sulfide) groups is 1. The highest BCUT2D eigenvalue weighted by molar-refractivity contribution is 9.09. The molecule has 0 N–H and O–H groups in total. The fraction of sp³-hybridized carbons (Fsp3) is 0.538. The van der Waals surface area contributed by atoms with E-state index in [0.29, 0.717) is 16.7 Å². The molecule has 0 aliphatic heterocycles. The van der Waals surface area contributed by atoms with E-state index in [1.54, 1.807) is 0 Å². The Hall–Kier alpha value is -0.150. The van der Waals surface area contributed by atoms with Crippen molar-refractivity contribution in [3.8, 4) is 5.75 Å². The van der Waals surface area contributed by atoms with Crippen molar-refractivity contribution in [1.29, 1.82) is 0 Å². The van der Waals surface area contributed by atoms with Crippen molar-refractivity contribution >= 4 is 27.7 Å². The Bertz CT molecular complexity index is 297. The topological polar surface area (TPSA) is 9.23 Å². The van der Waals surface area contributed by atoms with Gasteiger partial charge in [-0.1, -0.05) is 29.8 Å². The number of alkyl halides is 1. The fourth-order valence-corrected chi connectivity index (χ4v) is 2.20. The maximum Gasteiger partial charge on any atom is 0.119 e. The molecule has 0 fully saturated rings. The summed E-state index contributed by atoms with van der Waals surface area (Å²) in [6, 6.07) is 8.34. The second-order valence-electron chi connectivity index (χ2n) is 3.90. The smallest absolute Gasteiger partial charge is 0.119 e. The minimum absolute atomic E-state index is 0.390. The Labute approximate surface area is 111 Å². The first-order chi connectivity index (χ1) is 7.61. The third kappa shape index (κ3) is 5.26. The van der Waals surface area contributed by atoms with E-state index in [-0.39, 0.29) is 0 Å². The van der Waals surface area contributed by atoms with Crippen LogP contribution in [0.25, 0.3) is 0 Å². The van der Waals surface area contributed by atoms with E-state index in [4.69, 9.17) is 4.74 Å². The van der Waals surface area contributed by atoms with Gasteiger partial charge in [-0.3, -0.25) is 0 Å². The predicted octanol–water partition coefficient (Wildman–Crippen LogP) is 4.74. The second-order valence-corrected chi connectivity index (χ2v) is 6.97. The van der Waals surface area contributed by atoms with Crippen molar-refractivity contribution in [3.63, 3.8) is 0 Å². The van der Waals surface area contributed by atoms with E-state index >= 15 is 0 Å². The fourth-order valence-electron chi connectivity index (χ4n) is 1.14. The zero-order valence-corrected chi connectivity index (χ0v) is 12.5. The molecule has 0 aliphatic carbocycles. The predicted molar refractivity (Wildman–Crippen MR) is 75.9 cm³/mol. The van der Waals surface area contributed by atoms with Crippen LogP contribution in [-0.2, 0) is 0 Å². The van der Waals surface area contributed by atoms with Crippen molar-refractivity contribution in [2.24, 2.45) is 0 Å². The van der Waals surface area contributed by atoms with Gasteiger partial charge in [-0.05, 0) is 37.6 Å². The van der Waals surface area contributed by atoms with Gasteiger partial charge in [-0.25, -0.2) is 0 Å². The van der Waals surface area contributed by atoms with E-state index in [2.05, 4.69) is 48.8 Å². The van der Waals surface area contributed by atoms with Gasteiger partial charge < -0.3 is 4.74 Å². The lowest BCUT2D eigenvalue weighted by molar-refractivity contribution is 0.324. The number of benzene rings is 1. The molecule has 1 nitrogen and oxygen atoms in total. The van der Waals surface area contributed by atoms with Crippen LogP contribution in [-0.4, -0.2) is 16.7 Å². The minimum atomic E-state index is 0.390. The first kappa shape index (κ1) is 13.9. The number of rotatable bonds is 6. The summed E-state index contributed by atoms with van der Waals surface area (Å²) in [6.45, 7) is 7.25. The van der Waals surface area contributed by atoms with Gasteiger partial charge in [0.25, 0.3) is 0 Å². The van der Waals surface area contributed by atoms with E-state index < -0.39 is 0 Å². The molecule has 1 aromatic carbocycles. The average Bonchev–Trinajstić information content (AvgIpc) is 2.28. The van der Waals surface area contributed by atoms with E-state index in [1.807, 2.05) is 23.9 Å². The molecule has 3 heteroatoms. The molecule has 0 saturated heterocycles. The van der Waals surface area contributed by atoms with Crippen LogP contribution < -0.4 is 4.74 Å². The monoisotopic (exact) mass is 302 g/mol. The summed E-state index contributed by atoms with van der Waals surface area (Å²) < 4.78 is 5.60. The molecule has 0 heterocycles. The molecule has 2 atom stereocenters. The highest BCUT2D eigenvalue weighted by atomic mass is 79.9. The molecular weight excluding hydrogens is 284 g/mol. The summed E-state index contributed by atoms with van der Waals surface area (Å²) in [5.41, 5.74) is 0. The third-order valence-corrected chi connectivity index (χ3v) is 3.76. The molecule has 90 valence electrons. The van der Waals surface area contributed by atoms with Crippen LogP contribution in [0.2, 0.25) is 0 Å². The van der Waals surface area contributed by atoms with Gasteiger partial charge in [0, 0.05) is 15.0 Å². The Morgan fingerprint density at radius 1 is 1.25 bits per heavy atom. The highest BCUT2D eigenvalue weighted by Gasteiger charge is 2.02. The second kappa shape index (κ2) is 7.23. The molecule has 0 radical (unpaired) electrons. The Balaban J connectivity index is 2.47. The Morgan fingerprint density at radius 2 is 1.88 bits per heavy atom. The maximum atomic E-state index is 5.60. The zero-order chi connectivity index (χ0) is 12.0.